The Labute approximate surface area is 127 Å². The highest BCUT2D eigenvalue weighted by molar-refractivity contribution is 5.99. The Morgan fingerprint density at radius 1 is 1.14 bits per heavy atom. The van der Waals surface area contributed by atoms with Crippen molar-refractivity contribution in [1.82, 2.24) is 20.4 Å². The maximum Gasteiger partial charge on any atom is 0.261 e. The lowest BCUT2D eigenvalue weighted by atomic mass is 10.1. The largest absolute Gasteiger partial charge is 0.271 e. The van der Waals surface area contributed by atoms with E-state index in [-0.39, 0.29) is 12.5 Å². The summed E-state index contributed by atoms with van der Waals surface area (Å²) in [5.41, 5.74) is 5.84. The fraction of sp³-hybridized carbons (Fsp3) is 0.125. The molecule has 6 nitrogen and oxygen atoms in total. The lowest BCUT2D eigenvalue weighted by molar-refractivity contribution is -0.121. The van der Waals surface area contributed by atoms with Crippen LogP contribution in [0.2, 0.25) is 0 Å². The Morgan fingerprint density at radius 2 is 1.86 bits per heavy atom. The molecule has 0 aliphatic rings. The lowest BCUT2D eigenvalue weighted by Crippen LogP contribution is -2.24. The van der Waals surface area contributed by atoms with Gasteiger partial charge in [-0.05, 0) is 24.6 Å². The summed E-state index contributed by atoms with van der Waals surface area (Å²) in [6, 6.07) is 17.2. The van der Waals surface area contributed by atoms with Gasteiger partial charge in [-0.3, -0.25) is 4.79 Å². The number of hydrogen-bond donors (Lipinski definition) is 1. The van der Waals surface area contributed by atoms with Crippen LogP contribution >= 0.6 is 0 Å². The molecule has 0 atom stereocenters. The van der Waals surface area contributed by atoms with E-state index in [0.717, 1.165) is 22.3 Å². The summed E-state index contributed by atoms with van der Waals surface area (Å²) in [5.74, 6) is -0.245. The van der Waals surface area contributed by atoms with E-state index in [1.54, 1.807) is 4.68 Å². The van der Waals surface area contributed by atoms with Crippen molar-refractivity contribution in [1.29, 1.82) is 0 Å². The molecule has 0 spiro atoms. The molecule has 1 N–H and O–H groups in total. The minimum absolute atomic E-state index is 0.0755. The fourth-order valence-corrected chi connectivity index (χ4v) is 2.10. The van der Waals surface area contributed by atoms with E-state index < -0.39 is 0 Å². The molecule has 3 aromatic rings. The van der Waals surface area contributed by atoms with Crippen LogP contribution < -0.4 is 5.43 Å². The number of hydrazone groups is 1. The standard InChI is InChI=1S/C16H15N5O/c1-12(13-7-3-2-4-8-13)17-19-16(22)11-21-15-10-6-5-9-14(15)18-20-21/h2-10H,11H2,1H3,(H,19,22)/b17-12+. The molecule has 0 saturated carbocycles. The second kappa shape index (κ2) is 6.17. The van der Waals surface area contributed by atoms with Crippen LogP contribution in [0.1, 0.15) is 12.5 Å². The molecule has 1 amide bonds. The summed E-state index contributed by atoms with van der Waals surface area (Å²) < 4.78 is 1.55. The zero-order chi connectivity index (χ0) is 15.4. The van der Waals surface area contributed by atoms with Crippen LogP contribution in [0.15, 0.2) is 59.7 Å². The van der Waals surface area contributed by atoms with E-state index in [1.807, 2.05) is 61.5 Å². The molecule has 2 aromatic carbocycles. The summed E-state index contributed by atoms with van der Waals surface area (Å²) in [6.45, 7) is 1.92. The highest BCUT2D eigenvalue weighted by Crippen LogP contribution is 2.09. The van der Waals surface area contributed by atoms with Crippen molar-refractivity contribution < 1.29 is 4.79 Å². The smallest absolute Gasteiger partial charge is 0.261 e. The summed E-state index contributed by atoms with van der Waals surface area (Å²) in [5, 5.41) is 12.1. The predicted octanol–water partition coefficient (Wildman–Crippen LogP) is 1.97. The zero-order valence-electron chi connectivity index (χ0n) is 12.1. The third-order valence-corrected chi connectivity index (χ3v) is 3.25. The van der Waals surface area contributed by atoms with E-state index in [4.69, 9.17) is 0 Å². The van der Waals surface area contributed by atoms with Crippen LogP contribution in [0, 0.1) is 0 Å². The van der Waals surface area contributed by atoms with Crippen molar-refractivity contribution in [2.45, 2.75) is 13.5 Å². The van der Waals surface area contributed by atoms with E-state index in [0.29, 0.717) is 0 Å². The maximum absolute atomic E-state index is 12.0. The molecule has 22 heavy (non-hydrogen) atoms. The van der Waals surface area contributed by atoms with Gasteiger partial charge in [0.2, 0.25) is 0 Å². The van der Waals surface area contributed by atoms with Gasteiger partial charge in [0.05, 0.1) is 11.2 Å². The highest BCUT2D eigenvalue weighted by atomic mass is 16.2. The second-order valence-electron chi connectivity index (χ2n) is 4.83. The first-order valence-corrected chi connectivity index (χ1v) is 6.91. The monoisotopic (exact) mass is 293 g/mol. The van der Waals surface area contributed by atoms with Gasteiger partial charge >= 0.3 is 0 Å². The molecule has 1 aromatic heterocycles. The van der Waals surface area contributed by atoms with Crippen molar-refractivity contribution in [3.63, 3.8) is 0 Å². The Kier molecular flexibility index (Phi) is 3.91. The molecule has 0 aliphatic heterocycles. The quantitative estimate of drug-likeness (QED) is 0.590. The van der Waals surface area contributed by atoms with E-state index >= 15 is 0 Å². The average Bonchev–Trinajstić information content (AvgIpc) is 2.97. The number of rotatable bonds is 4. The molecule has 1 heterocycles. The molecule has 6 heteroatoms. The first-order chi connectivity index (χ1) is 10.7. The zero-order valence-corrected chi connectivity index (χ0v) is 12.1. The number of carbonyl (C=O) groups excluding carboxylic acids is 1. The number of amides is 1. The van der Waals surface area contributed by atoms with Crippen molar-refractivity contribution in [3.8, 4) is 0 Å². The van der Waals surface area contributed by atoms with Gasteiger partial charge in [-0.15, -0.1) is 5.10 Å². The Morgan fingerprint density at radius 3 is 2.68 bits per heavy atom. The molecule has 110 valence electrons. The maximum atomic E-state index is 12.0. The minimum atomic E-state index is -0.245. The fourth-order valence-electron chi connectivity index (χ4n) is 2.10. The van der Waals surface area contributed by atoms with E-state index in [1.165, 1.54) is 0 Å². The molecule has 3 rings (SSSR count). The first-order valence-electron chi connectivity index (χ1n) is 6.91. The number of nitrogens with one attached hydrogen (secondary N) is 1. The van der Waals surface area contributed by atoms with Crippen LogP contribution in [0.25, 0.3) is 11.0 Å². The van der Waals surface area contributed by atoms with Gasteiger partial charge in [-0.1, -0.05) is 47.7 Å². The van der Waals surface area contributed by atoms with Gasteiger partial charge in [0, 0.05) is 0 Å². The van der Waals surface area contributed by atoms with E-state index in [2.05, 4.69) is 20.8 Å². The molecule has 0 fully saturated rings. The number of benzene rings is 2. The number of nitrogens with zero attached hydrogens (tertiary/aromatic N) is 4. The average molecular weight is 293 g/mol. The number of fused-ring (bicyclic) bond motifs is 1. The van der Waals surface area contributed by atoms with Crippen LogP contribution in [0.5, 0.6) is 0 Å². The number of aromatic nitrogens is 3. The van der Waals surface area contributed by atoms with Crippen molar-refractivity contribution >= 4 is 22.7 Å². The highest BCUT2D eigenvalue weighted by Gasteiger charge is 2.08. The van der Waals surface area contributed by atoms with Gasteiger partial charge in [-0.2, -0.15) is 5.10 Å². The van der Waals surface area contributed by atoms with Gasteiger partial charge in [0.25, 0.3) is 5.91 Å². The minimum Gasteiger partial charge on any atom is -0.271 e. The van der Waals surface area contributed by atoms with Crippen LogP contribution in [0.3, 0.4) is 0 Å². The lowest BCUT2D eigenvalue weighted by Gasteiger charge is -2.03. The van der Waals surface area contributed by atoms with Gasteiger partial charge in [-0.25, -0.2) is 10.1 Å². The molecule has 0 unspecified atom stereocenters. The summed E-state index contributed by atoms with van der Waals surface area (Å²) in [6.07, 6.45) is 0. The van der Waals surface area contributed by atoms with Crippen molar-refractivity contribution in [2.24, 2.45) is 5.10 Å². The molecule has 0 radical (unpaired) electrons. The Balaban J connectivity index is 1.68. The second-order valence-corrected chi connectivity index (χ2v) is 4.83. The van der Waals surface area contributed by atoms with Crippen LogP contribution in [0.4, 0.5) is 0 Å². The van der Waals surface area contributed by atoms with Gasteiger partial charge < -0.3 is 0 Å². The third kappa shape index (κ3) is 3.01. The van der Waals surface area contributed by atoms with Gasteiger partial charge in [0.15, 0.2) is 0 Å². The van der Waals surface area contributed by atoms with Crippen LogP contribution in [-0.4, -0.2) is 26.6 Å². The number of para-hydroxylation sites is 1. The molecule has 0 aliphatic carbocycles. The molecular formula is C16H15N5O. The van der Waals surface area contributed by atoms with Crippen LogP contribution in [-0.2, 0) is 11.3 Å². The Hall–Kier alpha value is -3.02. The van der Waals surface area contributed by atoms with Gasteiger partial charge in [0.1, 0.15) is 12.1 Å². The first kappa shape index (κ1) is 13.9. The Bertz CT molecular complexity index is 823. The molecule has 0 bridgehead atoms. The normalized spacial score (nSPS) is 11.6. The number of carbonyl (C=O) groups is 1. The van der Waals surface area contributed by atoms with E-state index in [9.17, 15) is 4.79 Å². The third-order valence-electron chi connectivity index (χ3n) is 3.25. The predicted molar refractivity (Wildman–Crippen MR) is 84.3 cm³/mol. The van der Waals surface area contributed by atoms with Crippen molar-refractivity contribution in [2.75, 3.05) is 0 Å². The summed E-state index contributed by atoms with van der Waals surface area (Å²) >= 11 is 0. The SMILES string of the molecule is C/C(=N\NC(=O)Cn1nnc2ccccc21)c1ccccc1. The summed E-state index contributed by atoms with van der Waals surface area (Å²) in [4.78, 5) is 12.0. The topological polar surface area (TPSA) is 72.2 Å². The number of hydrogen-bond acceptors (Lipinski definition) is 4. The molecular weight excluding hydrogens is 278 g/mol. The summed E-state index contributed by atoms with van der Waals surface area (Å²) in [7, 11) is 0. The molecule has 0 saturated heterocycles. The van der Waals surface area contributed by atoms with Crippen molar-refractivity contribution in [3.05, 3.63) is 60.2 Å².